The molecule has 0 aromatic carbocycles. The number of hydrazine groups is 1. The molecule has 0 saturated carbocycles. The van der Waals surface area contributed by atoms with Crippen molar-refractivity contribution in [2.75, 3.05) is 33.7 Å². The van der Waals surface area contributed by atoms with Gasteiger partial charge < -0.3 is 4.90 Å². The van der Waals surface area contributed by atoms with Crippen LogP contribution in [-0.2, 0) is 4.79 Å². The Morgan fingerprint density at radius 1 is 1.24 bits per heavy atom. The molecule has 1 amide bonds. The van der Waals surface area contributed by atoms with Gasteiger partial charge in [0.1, 0.15) is 0 Å². The summed E-state index contributed by atoms with van der Waals surface area (Å²) in [6.07, 6.45) is 0.455. The van der Waals surface area contributed by atoms with E-state index in [1.54, 1.807) is 0 Å². The van der Waals surface area contributed by atoms with Crippen molar-refractivity contribution in [1.82, 2.24) is 15.2 Å². The fraction of sp³-hybridized carbons (Fsp3) is 0.917. The van der Waals surface area contributed by atoms with Gasteiger partial charge in [-0.15, -0.1) is 0 Å². The van der Waals surface area contributed by atoms with Gasteiger partial charge >= 0.3 is 0 Å². The van der Waals surface area contributed by atoms with Gasteiger partial charge in [-0.2, -0.15) is 0 Å². The Balaban J connectivity index is 4.28. The average molecular weight is 244 g/mol. The van der Waals surface area contributed by atoms with Crippen molar-refractivity contribution in [1.29, 1.82) is 0 Å². The van der Waals surface area contributed by atoms with E-state index in [0.717, 1.165) is 19.6 Å². The number of carbonyl (C=O) groups excluding carboxylic acids is 1. The largest absolute Gasteiger partial charge is 0.308 e. The van der Waals surface area contributed by atoms with Gasteiger partial charge in [-0.1, -0.05) is 13.8 Å². The molecule has 0 aliphatic heterocycles. The number of likely N-dealkylation sites (N-methyl/N-ethyl adjacent to an activating group) is 1. The minimum absolute atomic E-state index is 0.101. The molecule has 17 heavy (non-hydrogen) atoms. The highest BCUT2D eigenvalue weighted by molar-refractivity contribution is 5.75. The van der Waals surface area contributed by atoms with Crippen LogP contribution in [0.15, 0.2) is 0 Å². The molecule has 1 unspecified atom stereocenters. The third-order valence-corrected chi connectivity index (χ3v) is 2.70. The van der Waals surface area contributed by atoms with Crippen LogP contribution in [0, 0.1) is 5.92 Å². The minimum Gasteiger partial charge on any atom is -0.308 e. The molecule has 0 aliphatic rings. The number of nitrogens with one attached hydrogen (secondary N) is 1. The first-order valence-corrected chi connectivity index (χ1v) is 6.25. The second kappa shape index (κ2) is 8.44. The number of amides is 1. The van der Waals surface area contributed by atoms with Crippen LogP contribution in [0.5, 0.6) is 0 Å². The Bertz CT molecular complexity index is 219. The van der Waals surface area contributed by atoms with Crippen LogP contribution >= 0.6 is 0 Å². The van der Waals surface area contributed by atoms with Crippen molar-refractivity contribution < 1.29 is 4.79 Å². The van der Waals surface area contributed by atoms with Crippen LogP contribution in [0.1, 0.15) is 27.2 Å². The number of nitrogens with two attached hydrogens (primary N) is 1. The molecule has 0 aromatic rings. The molecule has 0 rings (SSSR count). The van der Waals surface area contributed by atoms with Crippen LogP contribution in [0.25, 0.3) is 0 Å². The molecular formula is C12H28N4O. The highest BCUT2D eigenvalue weighted by Gasteiger charge is 2.17. The lowest BCUT2D eigenvalue weighted by Crippen LogP contribution is -2.43. The molecule has 0 aromatic heterocycles. The molecule has 0 heterocycles. The van der Waals surface area contributed by atoms with E-state index in [0.29, 0.717) is 12.3 Å². The zero-order chi connectivity index (χ0) is 13.4. The summed E-state index contributed by atoms with van der Waals surface area (Å²) in [5.41, 5.74) is 2.19. The Kier molecular flexibility index (Phi) is 8.12. The number of rotatable bonds is 8. The van der Waals surface area contributed by atoms with Crippen LogP contribution in [0.3, 0.4) is 0 Å². The van der Waals surface area contributed by atoms with E-state index >= 15 is 0 Å². The predicted molar refractivity (Wildman–Crippen MR) is 71.4 cm³/mol. The highest BCUT2D eigenvalue weighted by atomic mass is 16.2. The first kappa shape index (κ1) is 16.4. The van der Waals surface area contributed by atoms with Crippen molar-refractivity contribution in [2.24, 2.45) is 11.8 Å². The normalized spacial score (nSPS) is 13.5. The Morgan fingerprint density at radius 2 is 1.82 bits per heavy atom. The van der Waals surface area contributed by atoms with E-state index in [-0.39, 0.29) is 11.9 Å². The SMILES string of the molecule is CC(C)CN(CCN(C)C)C(C)CC(=O)NN. The van der Waals surface area contributed by atoms with Crippen molar-refractivity contribution in [3.05, 3.63) is 0 Å². The van der Waals surface area contributed by atoms with Crippen molar-refractivity contribution in [3.8, 4) is 0 Å². The molecule has 0 saturated heterocycles. The molecule has 1 atom stereocenters. The monoisotopic (exact) mass is 244 g/mol. The molecule has 0 fully saturated rings. The van der Waals surface area contributed by atoms with Crippen LogP contribution in [-0.4, -0.2) is 55.5 Å². The van der Waals surface area contributed by atoms with Crippen LogP contribution in [0.4, 0.5) is 0 Å². The summed E-state index contributed by atoms with van der Waals surface area (Å²) in [6.45, 7) is 9.45. The average Bonchev–Trinajstić information content (AvgIpc) is 2.22. The maximum Gasteiger partial charge on any atom is 0.235 e. The zero-order valence-corrected chi connectivity index (χ0v) is 11.9. The molecule has 0 aliphatic carbocycles. The fourth-order valence-corrected chi connectivity index (χ4v) is 1.75. The van der Waals surface area contributed by atoms with E-state index in [4.69, 9.17) is 5.84 Å². The van der Waals surface area contributed by atoms with Crippen molar-refractivity contribution in [3.63, 3.8) is 0 Å². The quantitative estimate of drug-likeness (QED) is 0.366. The third-order valence-electron chi connectivity index (χ3n) is 2.70. The van der Waals surface area contributed by atoms with E-state index in [1.165, 1.54) is 0 Å². The number of hydrogen-bond donors (Lipinski definition) is 2. The lowest BCUT2D eigenvalue weighted by Gasteiger charge is -2.31. The predicted octanol–water partition coefficient (Wildman–Crippen LogP) is 0.275. The smallest absolute Gasteiger partial charge is 0.235 e. The Hall–Kier alpha value is -0.650. The summed E-state index contributed by atoms with van der Waals surface area (Å²) in [7, 11) is 4.12. The molecule has 0 bridgehead atoms. The molecule has 102 valence electrons. The highest BCUT2D eigenvalue weighted by Crippen LogP contribution is 2.07. The van der Waals surface area contributed by atoms with Gasteiger partial charge in [0.2, 0.25) is 5.91 Å². The van der Waals surface area contributed by atoms with Crippen LogP contribution in [0.2, 0.25) is 0 Å². The number of hydrogen-bond acceptors (Lipinski definition) is 4. The van der Waals surface area contributed by atoms with Crippen molar-refractivity contribution in [2.45, 2.75) is 33.2 Å². The topological polar surface area (TPSA) is 61.6 Å². The molecular weight excluding hydrogens is 216 g/mol. The van der Waals surface area contributed by atoms with Crippen LogP contribution < -0.4 is 11.3 Å². The molecule has 5 heteroatoms. The van der Waals surface area contributed by atoms with E-state index in [1.807, 2.05) is 0 Å². The summed E-state index contributed by atoms with van der Waals surface area (Å²) < 4.78 is 0. The van der Waals surface area contributed by atoms with Gasteiger partial charge in [0.25, 0.3) is 0 Å². The van der Waals surface area contributed by atoms with E-state index < -0.39 is 0 Å². The first-order valence-electron chi connectivity index (χ1n) is 6.25. The molecule has 0 radical (unpaired) electrons. The Morgan fingerprint density at radius 3 is 2.24 bits per heavy atom. The molecule has 5 nitrogen and oxygen atoms in total. The van der Waals surface area contributed by atoms with Gasteiger partial charge in [0.15, 0.2) is 0 Å². The van der Waals surface area contributed by atoms with Gasteiger partial charge in [-0.25, -0.2) is 5.84 Å². The number of carbonyl (C=O) groups is 1. The van der Waals surface area contributed by atoms with E-state index in [2.05, 4.69) is 50.1 Å². The van der Waals surface area contributed by atoms with Gasteiger partial charge in [-0.3, -0.25) is 15.1 Å². The second-order valence-electron chi connectivity index (χ2n) is 5.31. The summed E-state index contributed by atoms with van der Waals surface area (Å²) in [5, 5.41) is 0. The van der Waals surface area contributed by atoms with Gasteiger partial charge in [0, 0.05) is 32.1 Å². The lowest BCUT2D eigenvalue weighted by molar-refractivity contribution is -0.122. The van der Waals surface area contributed by atoms with Gasteiger partial charge in [0.05, 0.1) is 0 Å². The molecule has 0 spiro atoms. The third kappa shape index (κ3) is 8.12. The first-order chi connectivity index (χ1) is 7.86. The van der Waals surface area contributed by atoms with Crippen molar-refractivity contribution >= 4 is 5.91 Å². The van der Waals surface area contributed by atoms with Gasteiger partial charge in [-0.05, 0) is 26.9 Å². The summed E-state index contributed by atoms with van der Waals surface area (Å²) in [6, 6.07) is 0.223. The second-order valence-corrected chi connectivity index (χ2v) is 5.31. The fourth-order valence-electron chi connectivity index (χ4n) is 1.75. The maximum absolute atomic E-state index is 11.3. The Labute approximate surface area is 105 Å². The zero-order valence-electron chi connectivity index (χ0n) is 11.9. The standard InChI is InChI=1S/C12H28N4O/c1-10(2)9-16(7-6-15(4)5)11(3)8-12(17)14-13/h10-11H,6-9,13H2,1-5H3,(H,14,17). The maximum atomic E-state index is 11.3. The van der Waals surface area contributed by atoms with E-state index in [9.17, 15) is 4.79 Å². The lowest BCUT2D eigenvalue weighted by atomic mass is 10.1. The summed E-state index contributed by atoms with van der Waals surface area (Å²) in [5.74, 6) is 5.61. The number of nitrogens with zero attached hydrogens (tertiary/aromatic N) is 2. The summed E-state index contributed by atoms with van der Waals surface area (Å²) in [4.78, 5) is 15.8. The summed E-state index contributed by atoms with van der Waals surface area (Å²) >= 11 is 0. The molecule has 3 N–H and O–H groups in total. The minimum atomic E-state index is -0.101.